The quantitative estimate of drug-likeness (QED) is 0.566. The van der Waals surface area contributed by atoms with Gasteiger partial charge in [0.1, 0.15) is 4.92 Å². The summed E-state index contributed by atoms with van der Waals surface area (Å²) in [5, 5.41) is 14.0. The molecule has 0 aliphatic carbocycles. The number of anilines is 1. The van der Waals surface area contributed by atoms with Gasteiger partial charge in [0.2, 0.25) is 0 Å². The van der Waals surface area contributed by atoms with Crippen LogP contribution in [0.1, 0.15) is 21.7 Å². The predicted molar refractivity (Wildman–Crippen MR) is 87.4 cm³/mol. The molecule has 0 saturated heterocycles. The zero-order valence-corrected chi connectivity index (χ0v) is 12.9. The number of hydrogen-bond acceptors (Lipinski definition) is 5. The van der Waals surface area contributed by atoms with E-state index in [4.69, 9.17) is 4.42 Å². The predicted octanol–water partition coefficient (Wildman–Crippen LogP) is 2.90. The number of aryl methyl sites for hydroxylation is 1. The third kappa shape index (κ3) is 2.65. The lowest BCUT2D eigenvalue weighted by Gasteiger charge is -2.08. The smallest absolute Gasteiger partial charge is 0.395 e. The number of fused-ring (bicyclic) bond motifs is 1. The van der Waals surface area contributed by atoms with Crippen molar-refractivity contribution in [2.24, 2.45) is 0 Å². The van der Waals surface area contributed by atoms with Crippen LogP contribution in [0.15, 0.2) is 39.5 Å². The third-order valence-electron chi connectivity index (χ3n) is 3.83. The summed E-state index contributed by atoms with van der Waals surface area (Å²) in [4.78, 5) is 36.5. The van der Waals surface area contributed by atoms with Crippen molar-refractivity contribution in [3.63, 3.8) is 0 Å². The number of pyridine rings is 1. The lowest BCUT2D eigenvalue weighted by Crippen LogP contribution is -2.13. The molecule has 8 heteroatoms. The molecule has 3 aromatic rings. The molecule has 122 valence electrons. The van der Waals surface area contributed by atoms with E-state index in [0.717, 1.165) is 17.0 Å². The first kappa shape index (κ1) is 15.5. The molecule has 0 aliphatic heterocycles. The summed E-state index contributed by atoms with van der Waals surface area (Å²) in [5.74, 6) is -1.29. The highest BCUT2D eigenvalue weighted by Gasteiger charge is 2.17. The third-order valence-corrected chi connectivity index (χ3v) is 3.83. The Labute approximate surface area is 135 Å². The minimum atomic E-state index is -0.720. The Morgan fingerprint density at radius 3 is 2.62 bits per heavy atom. The van der Waals surface area contributed by atoms with Gasteiger partial charge >= 0.3 is 5.88 Å². The highest BCUT2D eigenvalue weighted by atomic mass is 16.6. The molecule has 0 unspecified atom stereocenters. The number of furan rings is 1. The lowest BCUT2D eigenvalue weighted by atomic mass is 10.1. The molecule has 0 bridgehead atoms. The number of hydrogen-bond donors (Lipinski definition) is 2. The molecule has 0 fully saturated rings. The number of benzene rings is 1. The summed E-state index contributed by atoms with van der Waals surface area (Å²) in [6.07, 6.45) is 0. The fraction of sp³-hybridized carbons (Fsp3) is 0.125. The monoisotopic (exact) mass is 327 g/mol. The number of carbonyl (C=O) groups is 1. The van der Waals surface area contributed by atoms with Crippen molar-refractivity contribution >= 4 is 28.4 Å². The number of rotatable bonds is 3. The second-order valence-corrected chi connectivity index (χ2v) is 5.31. The van der Waals surface area contributed by atoms with Crippen LogP contribution in [0.25, 0.3) is 10.9 Å². The van der Waals surface area contributed by atoms with Gasteiger partial charge in [-0.25, -0.2) is 0 Å². The van der Waals surface area contributed by atoms with Gasteiger partial charge in [0.25, 0.3) is 11.5 Å². The Hall–Kier alpha value is -3.42. The number of carbonyl (C=O) groups excluding carboxylic acids is 1. The second-order valence-electron chi connectivity index (χ2n) is 5.31. The summed E-state index contributed by atoms with van der Waals surface area (Å²) in [6.45, 7) is 3.60. The lowest BCUT2D eigenvalue weighted by molar-refractivity contribution is -0.402. The number of aromatic amines is 1. The fourth-order valence-electron chi connectivity index (χ4n) is 2.38. The molecule has 0 atom stereocenters. The minimum absolute atomic E-state index is 0.171. The molecule has 1 aromatic carbocycles. The largest absolute Gasteiger partial charge is 0.433 e. The molecule has 0 aliphatic rings. The number of nitrogens with zero attached hydrogens (tertiary/aromatic N) is 1. The van der Waals surface area contributed by atoms with Crippen molar-refractivity contribution in [1.29, 1.82) is 0 Å². The van der Waals surface area contributed by atoms with Crippen molar-refractivity contribution in [2.75, 3.05) is 5.32 Å². The number of H-pyrrole nitrogens is 1. The van der Waals surface area contributed by atoms with Gasteiger partial charge in [-0.05, 0) is 37.6 Å². The topological polar surface area (TPSA) is 118 Å². The average molecular weight is 327 g/mol. The van der Waals surface area contributed by atoms with E-state index in [-0.39, 0.29) is 11.3 Å². The summed E-state index contributed by atoms with van der Waals surface area (Å²) in [7, 11) is 0. The fourth-order valence-corrected chi connectivity index (χ4v) is 2.38. The van der Waals surface area contributed by atoms with Crippen LogP contribution in [0.3, 0.4) is 0 Å². The number of nitro groups is 1. The van der Waals surface area contributed by atoms with Crippen LogP contribution in [0.4, 0.5) is 11.6 Å². The molecule has 2 heterocycles. The maximum atomic E-state index is 12.1. The van der Waals surface area contributed by atoms with E-state index in [1.807, 2.05) is 6.92 Å². The van der Waals surface area contributed by atoms with Gasteiger partial charge in [0.05, 0.1) is 11.6 Å². The Morgan fingerprint density at radius 1 is 1.21 bits per heavy atom. The standard InChI is InChI=1S/C16H13N3O5/c1-8-9(2)15(20)18-12-7-10(3-4-11(8)12)17-16(21)13-5-6-14(24-13)19(22)23/h3-7H,1-2H3,(H,17,21)(H,18,20). The van der Waals surface area contributed by atoms with Crippen molar-refractivity contribution in [3.05, 3.63) is 67.7 Å². The van der Waals surface area contributed by atoms with E-state index in [9.17, 15) is 19.7 Å². The van der Waals surface area contributed by atoms with E-state index in [1.165, 1.54) is 6.07 Å². The van der Waals surface area contributed by atoms with Gasteiger partial charge in [-0.15, -0.1) is 0 Å². The zero-order valence-electron chi connectivity index (χ0n) is 12.9. The first-order chi connectivity index (χ1) is 11.4. The van der Waals surface area contributed by atoms with Gasteiger partial charge in [0, 0.05) is 16.6 Å². The molecule has 1 amide bonds. The van der Waals surface area contributed by atoms with Gasteiger partial charge in [0.15, 0.2) is 5.76 Å². The summed E-state index contributed by atoms with van der Waals surface area (Å²) in [6, 6.07) is 7.43. The van der Waals surface area contributed by atoms with Gasteiger partial charge in [-0.3, -0.25) is 19.7 Å². The van der Waals surface area contributed by atoms with Crippen LogP contribution in [0.5, 0.6) is 0 Å². The van der Waals surface area contributed by atoms with Crippen molar-refractivity contribution in [1.82, 2.24) is 4.98 Å². The van der Waals surface area contributed by atoms with E-state index in [1.54, 1.807) is 25.1 Å². The molecule has 3 rings (SSSR count). The summed E-state index contributed by atoms with van der Waals surface area (Å²) in [5.41, 5.74) is 2.34. The number of nitrogens with one attached hydrogen (secondary N) is 2. The van der Waals surface area contributed by atoms with Crippen LogP contribution < -0.4 is 10.9 Å². The van der Waals surface area contributed by atoms with E-state index < -0.39 is 16.7 Å². The van der Waals surface area contributed by atoms with Gasteiger partial charge in [-0.1, -0.05) is 6.07 Å². The zero-order chi connectivity index (χ0) is 17.4. The Bertz CT molecular complexity index is 1030. The van der Waals surface area contributed by atoms with Gasteiger partial charge < -0.3 is 14.7 Å². The highest BCUT2D eigenvalue weighted by Crippen LogP contribution is 2.22. The Balaban J connectivity index is 1.92. The highest BCUT2D eigenvalue weighted by molar-refractivity contribution is 6.03. The van der Waals surface area contributed by atoms with E-state index >= 15 is 0 Å². The molecule has 0 radical (unpaired) electrons. The Morgan fingerprint density at radius 2 is 1.96 bits per heavy atom. The number of amides is 1. The van der Waals surface area contributed by atoms with Crippen LogP contribution >= 0.6 is 0 Å². The number of aromatic nitrogens is 1. The average Bonchev–Trinajstić information content (AvgIpc) is 3.03. The summed E-state index contributed by atoms with van der Waals surface area (Å²) >= 11 is 0. The van der Waals surface area contributed by atoms with Gasteiger partial charge in [-0.2, -0.15) is 0 Å². The van der Waals surface area contributed by atoms with Crippen LogP contribution in [-0.4, -0.2) is 15.8 Å². The normalized spacial score (nSPS) is 10.8. The summed E-state index contributed by atoms with van der Waals surface area (Å²) < 4.78 is 4.85. The van der Waals surface area contributed by atoms with Crippen LogP contribution in [0.2, 0.25) is 0 Å². The first-order valence-electron chi connectivity index (χ1n) is 7.05. The molecular weight excluding hydrogens is 314 g/mol. The maximum Gasteiger partial charge on any atom is 0.433 e. The molecule has 24 heavy (non-hydrogen) atoms. The molecule has 0 spiro atoms. The van der Waals surface area contributed by atoms with Crippen LogP contribution in [-0.2, 0) is 0 Å². The molecule has 8 nitrogen and oxygen atoms in total. The molecule has 2 N–H and O–H groups in total. The molecule has 0 saturated carbocycles. The van der Waals surface area contributed by atoms with E-state index in [2.05, 4.69) is 10.3 Å². The van der Waals surface area contributed by atoms with Crippen molar-refractivity contribution in [3.8, 4) is 0 Å². The van der Waals surface area contributed by atoms with E-state index in [0.29, 0.717) is 16.8 Å². The van der Waals surface area contributed by atoms with Crippen molar-refractivity contribution < 1.29 is 14.1 Å². The minimum Gasteiger partial charge on any atom is -0.395 e. The maximum absolute atomic E-state index is 12.1. The first-order valence-corrected chi connectivity index (χ1v) is 7.05. The molecule has 2 aromatic heterocycles. The SMILES string of the molecule is Cc1c(C)c2ccc(NC(=O)c3ccc([N+](=O)[O-])o3)cc2[nH]c1=O. The van der Waals surface area contributed by atoms with Crippen LogP contribution in [0, 0.1) is 24.0 Å². The Kier molecular flexibility index (Phi) is 3.64. The van der Waals surface area contributed by atoms with Crippen molar-refractivity contribution in [2.45, 2.75) is 13.8 Å². The molecular formula is C16H13N3O5. The second kappa shape index (κ2) is 5.65.